The first-order valence-electron chi connectivity index (χ1n) is 5.52. The lowest BCUT2D eigenvalue weighted by atomic mass is 10.0. The zero-order valence-electron chi connectivity index (χ0n) is 9.78. The maximum Gasteiger partial charge on any atom is 0.433 e. The molecule has 19 heavy (non-hydrogen) atoms. The molecule has 0 unspecified atom stereocenters. The van der Waals surface area contributed by atoms with Gasteiger partial charge in [-0.3, -0.25) is 0 Å². The third-order valence-electron chi connectivity index (χ3n) is 2.60. The van der Waals surface area contributed by atoms with Crippen LogP contribution >= 0.6 is 0 Å². The van der Waals surface area contributed by atoms with Crippen molar-refractivity contribution in [2.45, 2.75) is 12.6 Å². The van der Waals surface area contributed by atoms with E-state index in [1.807, 2.05) is 12.1 Å². The Labute approximate surface area is 108 Å². The van der Waals surface area contributed by atoms with Crippen molar-refractivity contribution in [2.24, 2.45) is 0 Å². The summed E-state index contributed by atoms with van der Waals surface area (Å²) in [6.45, 7) is 0. The second-order valence-corrected chi connectivity index (χ2v) is 3.89. The summed E-state index contributed by atoms with van der Waals surface area (Å²) in [6, 6.07) is 13.0. The Morgan fingerprint density at radius 3 is 2.32 bits per heavy atom. The molecule has 0 saturated carbocycles. The van der Waals surface area contributed by atoms with Crippen LogP contribution in [0.15, 0.2) is 42.5 Å². The van der Waals surface area contributed by atoms with Gasteiger partial charge in [-0.2, -0.15) is 18.4 Å². The fraction of sp³-hybridized carbons (Fsp3) is 0.143. The molecule has 96 valence electrons. The molecule has 0 bridgehead atoms. The lowest BCUT2D eigenvalue weighted by Gasteiger charge is -2.11. The highest BCUT2D eigenvalue weighted by atomic mass is 19.4. The van der Waals surface area contributed by atoms with E-state index in [1.54, 1.807) is 24.3 Å². The van der Waals surface area contributed by atoms with Crippen LogP contribution in [-0.2, 0) is 12.6 Å². The predicted molar refractivity (Wildman–Crippen MR) is 64.0 cm³/mol. The van der Waals surface area contributed by atoms with Crippen LogP contribution in [0.25, 0.3) is 11.1 Å². The average Bonchev–Trinajstić information content (AvgIpc) is 2.39. The highest BCUT2D eigenvalue weighted by molar-refractivity contribution is 5.66. The number of alkyl halides is 3. The van der Waals surface area contributed by atoms with Crippen molar-refractivity contribution in [1.82, 2.24) is 4.98 Å². The standard InChI is InChI=1S/C14H9F3N2/c15-14(16,17)13-7-6-11(12(19-13)8-9-18)10-4-2-1-3-5-10/h1-7H,8H2. The van der Waals surface area contributed by atoms with Gasteiger partial charge in [0.25, 0.3) is 0 Å². The van der Waals surface area contributed by atoms with E-state index in [-0.39, 0.29) is 12.1 Å². The van der Waals surface area contributed by atoms with Crippen LogP contribution in [0, 0.1) is 11.3 Å². The number of rotatable bonds is 2. The summed E-state index contributed by atoms with van der Waals surface area (Å²) in [7, 11) is 0. The van der Waals surface area contributed by atoms with E-state index in [9.17, 15) is 13.2 Å². The van der Waals surface area contributed by atoms with Crippen LogP contribution < -0.4 is 0 Å². The van der Waals surface area contributed by atoms with E-state index in [0.29, 0.717) is 5.56 Å². The Bertz CT molecular complexity index is 613. The van der Waals surface area contributed by atoms with Gasteiger partial charge in [-0.15, -0.1) is 0 Å². The van der Waals surface area contributed by atoms with Crippen molar-refractivity contribution in [3.05, 3.63) is 53.9 Å². The average molecular weight is 262 g/mol. The van der Waals surface area contributed by atoms with Crippen molar-refractivity contribution < 1.29 is 13.2 Å². The predicted octanol–water partition coefficient (Wildman–Crippen LogP) is 3.83. The van der Waals surface area contributed by atoms with Crippen LogP contribution in [0.3, 0.4) is 0 Å². The summed E-state index contributed by atoms with van der Waals surface area (Å²) >= 11 is 0. The monoisotopic (exact) mass is 262 g/mol. The second kappa shape index (κ2) is 5.11. The number of pyridine rings is 1. The summed E-state index contributed by atoms with van der Waals surface area (Å²) in [6.07, 6.45) is -4.66. The minimum Gasteiger partial charge on any atom is -0.247 e. The number of nitrogens with zero attached hydrogens (tertiary/aromatic N) is 2. The maximum absolute atomic E-state index is 12.6. The third kappa shape index (κ3) is 2.91. The number of hydrogen-bond donors (Lipinski definition) is 0. The van der Waals surface area contributed by atoms with Gasteiger partial charge in [0.15, 0.2) is 0 Å². The molecule has 1 heterocycles. The molecule has 0 aliphatic rings. The van der Waals surface area contributed by atoms with Gasteiger partial charge in [-0.05, 0) is 11.6 Å². The lowest BCUT2D eigenvalue weighted by Crippen LogP contribution is -2.10. The first-order valence-corrected chi connectivity index (χ1v) is 5.52. The number of hydrogen-bond acceptors (Lipinski definition) is 2. The highest BCUT2D eigenvalue weighted by Gasteiger charge is 2.33. The van der Waals surface area contributed by atoms with Crippen LogP contribution in [0.1, 0.15) is 11.4 Å². The smallest absolute Gasteiger partial charge is 0.247 e. The number of halogens is 3. The molecule has 5 heteroatoms. The Kier molecular flexibility index (Phi) is 3.52. The molecule has 1 aromatic carbocycles. The highest BCUT2D eigenvalue weighted by Crippen LogP contribution is 2.31. The first kappa shape index (κ1) is 13.1. The fourth-order valence-electron chi connectivity index (χ4n) is 1.75. The van der Waals surface area contributed by atoms with E-state index >= 15 is 0 Å². The molecular weight excluding hydrogens is 253 g/mol. The van der Waals surface area contributed by atoms with Crippen molar-refractivity contribution in [3.63, 3.8) is 0 Å². The summed E-state index contributed by atoms with van der Waals surface area (Å²) in [5.41, 5.74) is 0.463. The molecule has 0 aliphatic carbocycles. The summed E-state index contributed by atoms with van der Waals surface area (Å²) < 4.78 is 37.8. The van der Waals surface area contributed by atoms with Crippen molar-refractivity contribution in [3.8, 4) is 17.2 Å². The van der Waals surface area contributed by atoms with Crippen LogP contribution in [0.4, 0.5) is 13.2 Å². The molecule has 0 spiro atoms. The molecular formula is C14H9F3N2. The van der Waals surface area contributed by atoms with E-state index in [4.69, 9.17) is 5.26 Å². The van der Waals surface area contributed by atoms with Gasteiger partial charge in [0.2, 0.25) is 0 Å². The second-order valence-electron chi connectivity index (χ2n) is 3.89. The van der Waals surface area contributed by atoms with Crippen molar-refractivity contribution in [1.29, 1.82) is 5.26 Å². The molecule has 0 atom stereocenters. The molecule has 2 nitrogen and oxygen atoms in total. The minimum absolute atomic E-state index is 0.142. The van der Waals surface area contributed by atoms with E-state index in [0.717, 1.165) is 11.6 Å². The van der Waals surface area contributed by atoms with Gasteiger partial charge < -0.3 is 0 Å². The van der Waals surface area contributed by atoms with Gasteiger partial charge in [-0.1, -0.05) is 36.4 Å². The molecule has 0 radical (unpaired) electrons. The Morgan fingerprint density at radius 2 is 1.74 bits per heavy atom. The molecule has 2 rings (SSSR count). The van der Waals surface area contributed by atoms with Crippen LogP contribution in [0.2, 0.25) is 0 Å². The van der Waals surface area contributed by atoms with E-state index < -0.39 is 11.9 Å². The van der Waals surface area contributed by atoms with Crippen LogP contribution in [-0.4, -0.2) is 4.98 Å². The first-order chi connectivity index (χ1) is 9.02. The molecule has 2 aromatic rings. The van der Waals surface area contributed by atoms with Gasteiger partial charge in [0.05, 0.1) is 18.2 Å². The van der Waals surface area contributed by atoms with Gasteiger partial charge in [0, 0.05) is 5.56 Å². The molecule has 0 amide bonds. The van der Waals surface area contributed by atoms with Crippen molar-refractivity contribution >= 4 is 0 Å². The molecule has 0 saturated heterocycles. The normalized spacial score (nSPS) is 11.1. The lowest BCUT2D eigenvalue weighted by molar-refractivity contribution is -0.141. The Hall–Kier alpha value is -2.35. The van der Waals surface area contributed by atoms with E-state index in [2.05, 4.69) is 4.98 Å². The minimum atomic E-state index is -4.50. The fourth-order valence-corrected chi connectivity index (χ4v) is 1.75. The summed E-state index contributed by atoms with van der Waals surface area (Å²) in [5, 5.41) is 8.71. The number of nitriles is 1. The maximum atomic E-state index is 12.6. The van der Waals surface area contributed by atoms with Crippen molar-refractivity contribution in [2.75, 3.05) is 0 Å². The largest absolute Gasteiger partial charge is 0.433 e. The van der Waals surface area contributed by atoms with Gasteiger partial charge in [-0.25, -0.2) is 4.98 Å². The zero-order valence-corrected chi connectivity index (χ0v) is 9.78. The number of aromatic nitrogens is 1. The number of benzene rings is 1. The SMILES string of the molecule is N#CCc1nc(C(F)(F)F)ccc1-c1ccccc1. The van der Waals surface area contributed by atoms with Crippen LogP contribution in [0.5, 0.6) is 0 Å². The Balaban J connectivity index is 2.54. The topological polar surface area (TPSA) is 36.7 Å². The third-order valence-corrected chi connectivity index (χ3v) is 2.60. The quantitative estimate of drug-likeness (QED) is 0.824. The van der Waals surface area contributed by atoms with Gasteiger partial charge >= 0.3 is 6.18 Å². The molecule has 1 aromatic heterocycles. The molecule has 0 N–H and O–H groups in total. The van der Waals surface area contributed by atoms with E-state index in [1.165, 1.54) is 6.07 Å². The molecule has 0 fully saturated rings. The summed E-state index contributed by atoms with van der Waals surface area (Å²) in [5.74, 6) is 0. The zero-order chi connectivity index (χ0) is 13.9. The van der Waals surface area contributed by atoms with Gasteiger partial charge in [0.1, 0.15) is 5.69 Å². The Morgan fingerprint density at radius 1 is 1.05 bits per heavy atom. The summed E-state index contributed by atoms with van der Waals surface area (Å²) in [4.78, 5) is 3.56. The molecule has 0 aliphatic heterocycles.